The van der Waals surface area contributed by atoms with E-state index in [4.69, 9.17) is 5.73 Å². The Hall–Kier alpha value is -1.36. The maximum absolute atomic E-state index is 11.8. The number of nitrogens with zero attached hydrogens (tertiary/aromatic N) is 2. The SMILES string of the molecule is CC(C)c1nc(N(CCN)C2CCCC2)cc(=O)[nH]1. The van der Waals surface area contributed by atoms with Crippen LogP contribution >= 0.6 is 0 Å². The monoisotopic (exact) mass is 264 g/mol. The maximum atomic E-state index is 11.8. The van der Waals surface area contributed by atoms with Gasteiger partial charge in [0.1, 0.15) is 11.6 Å². The molecule has 1 aliphatic carbocycles. The van der Waals surface area contributed by atoms with E-state index in [9.17, 15) is 4.79 Å². The Bertz CT molecular complexity index is 463. The number of rotatable bonds is 5. The molecule has 0 spiro atoms. The number of aromatic amines is 1. The molecule has 1 aliphatic rings. The molecule has 5 nitrogen and oxygen atoms in total. The van der Waals surface area contributed by atoms with E-state index in [1.54, 1.807) is 6.07 Å². The van der Waals surface area contributed by atoms with E-state index in [0.717, 1.165) is 18.2 Å². The van der Waals surface area contributed by atoms with Crippen LogP contribution in [-0.2, 0) is 0 Å². The molecule has 19 heavy (non-hydrogen) atoms. The predicted octanol–water partition coefficient (Wildman–Crippen LogP) is 1.60. The normalized spacial score (nSPS) is 16.2. The second kappa shape index (κ2) is 6.19. The Morgan fingerprint density at radius 2 is 2.16 bits per heavy atom. The van der Waals surface area contributed by atoms with E-state index in [2.05, 4.69) is 14.9 Å². The molecule has 3 N–H and O–H groups in total. The summed E-state index contributed by atoms with van der Waals surface area (Å²) in [6, 6.07) is 2.08. The molecule has 0 unspecified atom stereocenters. The van der Waals surface area contributed by atoms with Crippen LogP contribution in [0.2, 0.25) is 0 Å². The molecule has 0 atom stereocenters. The van der Waals surface area contributed by atoms with Crippen LogP contribution in [0.3, 0.4) is 0 Å². The molecule has 0 aliphatic heterocycles. The molecule has 0 bridgehead atoms. The molecule has 0 saturated heterocycles. The third-order valence-corrected chi connectivity index (χ3v) is 3.72. The smallest absolute Gasteiger partial charge is 0.252 e. The third kappa shape index (κ3) is 3.35. The molecule has 1 aromatic rings. The predicted molar refractivity (Wildman–Crippen MR) is 77.6 cm³/mol. The minimum absolute atomic E-state index is 0.0753. The molecule has 5 heteroatoms. The number of anilines is 1. The molecular weight excluding hydrogens is 240 g/mol. The van der Waals surface area contributed by atoms with Gasteiger partial charge in [0.05, 0.1) is 0 Å². The summed E-state index contributed by atoms with van der Waals surface area (Å²) in [4.78, 5) is 21.4. The Kier molecular flexibility index (Phi) is 4.58. The van der Waals surface area contributed by atoms with E-state index < -0.39 is 0 Å². The van der Waals surface area contributed by atoms with Crippen molar-refractivity contribution in [2.45, 2.75) is 51.5 Å². The Balaban J connectivity index is 2.32. The van der Waals surface area contributed by atoms with Crippen molar-refractivity contribution in [2.75, 3.05) is 18.0 Å². The summed E-state index contributed by atoms with van der Waals surface area (Å²) >= 11 is 0. The highest BCUT2D eigenvalue weighted by Crippen LogP contribution is 2.26. The van der Waals surface area contributed by atoms with Crippen LogP contribution in [0.1, 0.15) is 51.3 Å². The van der Waals surface area contributed by atoms with Gasteiger partial charge in [-0.2, -0.15) is 0 Å². The van der Waals surface area contributed by atoms with Crippen molar-refractivity contribution >= 4 is 5.82 Å². The van der Waals surface area contributed by atoms with Gasteiger partial charge in [-0.3, -0.25) is 4.79 Å². The van der Waals surface area contributed by atoms with Crippen LogP contribution in [0.5, 0.6) is 0 Å². The summed E-state index contributed by atoms with van der Waals surface area (Å²) in [5, 5.41) is 0. The van der Waals surface area contributed by atoms with Crippen molar-refractivity contribution in [3.63, 3.8) is 0 Å². The molecule has 1 saturated carbocycles. The van der Waals surface area contributed by atoms with Gasteiger partial charge in [-0.15, -0.1) is 0 Å². The highest BCUT2D eigenvalue weighted by atomic mass is 16.1. The summed E-state index contributed by atoms with van der Waals surface area (Å²) in [7, 11) is 0. The Morgan fingerprint density at radius 1 is 1.47 bits per heavy atom. The van der Waals surface area contributed by atoms with E-state index in [1.165, 1.54) is 25.7 Å². The van der Waals surface area contributed by atoms with E-state index in [1.807, 2.05) is 13.8 Å². The number of H-pyrrole nitrogens is 1. The lowest BCUT2D eigenvalue weighted by Gasteiger charge is -2.29. The first-order chi connectivity index (χ1) is 9.11. The van der Waals surface area contributed by atoms with Crippen molar-refractivity contribution in [1.82, 2.24) is 9.97 Å². The molecule has 0 amide bonds. The van der Waals surface area contributed by atoms with Crippen LogP contribution in [0.15, 0.2) is 10.9 Å². The number of nitrogens with one attached hydrogen (secondary N) is 1. The molecule has 1 aromatic heterocycles. The zero-order valence-electron chi connectivity index (χ0n) is 11.9. The van der Waals surface area contributed by atoms with Crippen molar-refractivity contribution in [3.8, 4) is 0 Å². The van der Waals surface area contributed by atoms with Crippen molar-refractivity contribution < 1.29 is 0 Å². The average Bonchev–Trinajstić information content (AvgIpc) is 2.88. The van der Waals surface area contributed by atoms with Gasteiger partial charge in [0, 0.05) is 31.1 Å². The second-order valence-corrected chi connectivity index (χ2v) is 5.56. The van der Waals surface area contributed by atoms with Crippen molar-refractivity contribution in [1.29, 1.82) is 0 Å². The minimum atomic E-state index is -0.0753. The van der Waals surface area contributed by atoms with E-state index >= 15 is 0 Å². The number of hydrogen-bond acceptors (Lipinski definition) is 4. The first kappa shape index (κ1) is 14.1. The first-order valence-corrected chi connectivity index (χ1v) is 7.19. The van der Waals surface area contributed by atoms with Crippen LogP contribution in [0, 0.1) is 0 Å². The Morgan fingerprint density at radius 3 is 2.74 bits per heavy atom. The largest absolute Gasteiger partial charge is 0.352 e. The first-order valence-electron chi connectivity index (χ1n) is 7.19. The summed E-state index contributed by atoms with van der Waals surface area (Å²) in [6.07, 6.45) is 4.86. The van der Waals surface area contributed by atoms with Gasteiger partial charge in [-0.1, -0.05) is 26.7 Å². The fourth-order valence-electron chi connectivity index (χ4n) is 2.72. The van der Waals surface area contributed by atoms with E-state index in [0.29, 0.717) is 12.6 Å². The quantitative estimate of drug-likeness (QED) is 0.847. The van der Waals surface area contributed by atoms with Crippen molar-refractivity contribution in [3.05, 3.63) is 22.2 Å². The van der Waals surface area contributed by atoms with Gasteiger partial charge in [-0.25, -0.2) is 4.98 Å². The fraction of sp³-hybridized carbons (Fsp3) is 0.714. The molecular formula is C14H24N4O. The van der Waals surface area contributed by atoms with Gasteiger partial charge in [0.15, 0.2) is 0 Å². The van der Waals surface area contributed by atoms with Gasteiger partial charge in [0.2, 0.25) is 0 Å². The topological polar surface area (TPSA) is 75.0 Å². The maximum Gasteiger partial charge on any atom is 0.252 e. The summed E-state index contributed by atoms with van der Waals surface area (Å²) in [5.74, 6) is 1.75. The molecule has 106 valence electrons. The lowest BCUT2D eigenvalue weighted by molar-refractivity contribution is 0.597. The molecule has 1 fully saturated rings. The fourth-order valence-corrected chi connectivity index (χ4v) is 2.72. The van der Waals surface area contributed by atoms with Crippen LogP contribution in [0.4, 0.5) is 5.82 Å². The summed E-state index contributed by atoms with van der Waals surface area (Å²) in [6.45, 7) is 5.41. The van der Waals surface area contributed by atoms with E-state index in [-0.39, 0.29) is 11.5 Å². The van der Waals surface area contributed by atoms with Gasteiger partial charge >= 0.3 is 0 Å². The van der Waals surface area contributed by atoms with Gasteiger partial charge in [0.25, 0.3) is 5.56 Å². The Labute approximate surface area is 114 Å². The zero-order valence-corrected chi connectivity index (χ0v) is 11.9. The standard InChI is InChI=1S/C14H24N4O/c1-10(2)14-16-12(9-13(19)17-14)18(8-7-15)11-5-3-4-6-11/h9-11H,3-8,15H2,1-2H3,(H,16,17,19). The summed E-state index contributed by atoms with van der Waals surface area (Å²) < 4.78 is 0. The average molecular weight is 264 g/mol. The molecule has 1 heterocycles. The second-order valence-electron chi connectivity index (χ2n) is 5.56. The lowest BCUT2D eigenvalue weighted by atomic mass is 10.2. The van der Waals surface area contributed by atoms with Crippen molar-refractivity contribution in [2.24, 2.45) is 5.73 Å². The highest BCUT2D eigenvalue weighted by Gasteiger charge is 2.24. The summed E-state index contributed by atoms with van der Waals surface area (Å²) in [5.41, 5.74) is 5.64. The molecule has 0 aromatic carbocycles. The lowest BCUT2D eigenvalue weighted by Crippen LogP contribution is -2.38. The van der Waals surface area contributed by atoms with Crippen LogP contribution in [-0.4, -0.2) is 29.1 Å². The molecule has 0 radical (unpaired) electrons. The number of aromatic nitrogens is 2. The zero-order chi connectivity index (χ0) is 13.8. The van der Waals surface area contributed by atoms with Crippen LogP contribution < -0.4 is 16.2 Å². The highest BCUT2D eigenvalue weighted by molar-refractivity contribution is 5.39. The van der Waals surface area contributed by atoms with Gasteiger partial charge in [-0.05, 0) is 12.8 Å². The molecule has 2 rings (SSSR count). The third-order valence-electron chi connectivity index (χ3n) is 3.72. The minimum Gasteiger partial charge on any atom is -0.352 e. The van der Waals surface area contributed by atoms with Crippen LogP contribution in [0.25, 0.3) is 0 Å². The van der Waals surface area contributed by atoms with Gasteiger partial charge < -0.3 is 15.6 Å². The number of nitrogens with two attached hydrogens (primary N) is 1. The number of hydrogen-bond donors (Lipinski definition) is 2.